The van der Waals surface area contributed by atoms with Crippen LogP contribution in [0.25, 0.3) is 0 Å². The maximum atomic E-state index is 8.91. The average Bonchev–Trinajstić information content (AvgIpc) is 2.05. The van der Waals surface area contributed by atoms with E-state index >= 15 is 0 Å². The number of rotatable bonds is 3. The normalized spacial score (nSPS) is 9.75. The van der Waals surface area contributed by atoms with Crippen LogP contribution in [0, 0.1) is 0 Å². The second kappa shape index (κ2) is 3.93. The van der Waals surface area contributed by atoms with Crippen molar-refractivity contribution in [3.05, 3.63) is 47.7 Å². The summed E-state index contributed by atoms with van der Waals surface area (Å²) < 4.78 is 0. The van der Waals surface area contributed by atoms with E-state index < -0.39 is 0 Å². The van der Waals surface area contributed by atoms with Crippen LogP contribution in [0.15, 0.2) is 36.6 Å². The van der Waals surface area contributed by atoms with Crippen LogP contribution < -0.4 is 5.73 Å². The molecule has 0 atom stereocenters. The Bertz CT molecular complexity index is 264. The van der Waals surface area contributed by atoms with Gasteiger partial charge in [0.25, 0.3) is 0 Å². The van der Waals surface area contributed by atoms with E-state index in [1.165, 1.54) is 0 Å². The molecule has 0 aliphatic rings. The summed E-state index contributed by atoms with van der Waals surface area (Å²) in [6.45, 7) is 3.98. The van der Waals surface area contributed by atoms with Gasteiger partial charge < -0.3 is 10.8 Å². The molecule has 0 aliphatic heterocycles. The Morgan fingerprint density at radius 2 is 1.75 bits per heavy atom. The lowest BCUT2D eigenvalue weighted by Crippen LogP contribution is -1.96. The molecule has 0 heterocycles. The molecule has 0 bridgehead atoms. The summed E-state index contributed by atoms with van der Waals surface area (Å²) in [5.74, 6) is 0.190. The molecule has 0 radical (unpaired) electrons. The summed E-state index contributed by atoms with van der Waals surface area (Å²) in [5.41, 5.74) is 7.59. The summed E-state index contributed by atoms with van der Waals surface area (Å²) >= 11 is 0. The van der Waals surface area contributed by atoms with Gasteiger partial charge in [-0.1, -0.05) is 30.8 Å². The highest BCUT2D eigenvalue weighted by atomic mass is 16.3. The summed E-state index contributed by atoms with van der Waals surface area (Å²) in [6.07, 6.45) is 0.519. The van der Waals surface area contributed by atoms with Crippen molar-refractivity contribution in [1.29, 1.82) is 0 Å². The van der Waals surface area contributed by atoms with E-state index in [-0.39, 0.29) is 5.76 Å². The van der Waals surface area contributed by atoms with Gasteiger partial charge in [0, 0.05) is 13.0 Å². The van der Waals surface area contributed by atoms with Gasteiger partial charge in [0.1, 0.15) is 0 Å². The molecule has 2 heteroatoms. The first kappa shape index (κ1) is 8.81. The number of hydrogen-bond acceptors (Lipinski definition) is 2. The smallest absolute Gasteiger partial charge is 0.0894 e. The van der Waals surface area contributed by atoms with Crippen LogP contribution in [0.5, 0.6) is 0 Å². The third kappa shape index (κ3) is 2.40. The molecule has 0 aromatic heterocycles. The van der Waals surface area contributed by atoms with E-state index in [4.69, 9.17) is 10.8 Å². The molecule has 0 unspecified atom stereocenters. The molecule has 0 spiro atoms. The van der Waals surface area contributed by atoms with Crippen molar-refractivity contribution in [1.82, 2.24) is 0 Å². The zero-order valence-corrected chi connectivity index (χ0v) is 6.96. The zero-order chi connectivity index (χ0) is 8.97. The van der Waals surface area contributed by atoms with Crippen molar-refractivity contribution in [2.24, 2.45) is 5.73 Å². The first-order valence-electron chi connectivity index (χ1n) is 3.87. The quantitative estimate of drug-likeness (QED) is 0.667. The molecule has 0 saturated heterocycles. The van der Waals surface area contributed by atoms with E-state index in [1.807, 2.05) is 24.3 Å². The molecular formula is C10H13NO. The van der Waals surface area contributed by atoms with Gasteiger partial charge in [0.05, 0.1) is 5.76 Å². The average molecular weight is 163 g/mol. The largest absolute Gasteiger partial charge is 0.513 e. The van der Waals surface area contributed by atoms with Crippen LogP contribution in [-0.2, 0) is 13.0 Å². The van der Waals surface area contributed by atoms with Crippen molar-refractivity contribution in [3.63, 3.8) is 0 Å². The summed E-state index contributed by atoms with van der Waals surface area (Å²) in [6, 6.07) is 7.81. The molecule has 1 aromatic rings. The molecule has 2 nitrogen and oxygen atoms in total. The lowest BCUT2D eigenvalue weighted by Gasteiger charge is -2.00. The van der Waals surface area contributed by atoms with Crippen LogP contribution in [0.1, 0.15) is 11.1 Å². The SMILES string of the molecule is C=C(O)Cc1ccc(CN)cc1. The van der Waals surface area contributed by atoms with Crippen molar-refractivity contribution in [3.8, 4) is 0 Å². The highest BCUT2D eigenvalue weighted by Gasteiger charge is 1.94. The third-order valence-corrected chi connectivity index (χ3v) is 1.67. The second-order valence-electron chi connectivity index (χ2n) is 2.76. The Hall–Kier alpha value is -1.28. The maximum Gasteiger partial charge on any atom is 0.0894 e. The monoisotopic (exact) mass is 163 g/mol. The minimum Gasteiger partial charge on any atom is -0.513 e. The van der Waals surface area contributed by atoms with Gasteiger partial charge in [-0.25, -0.2) is 0 Å². The number of aliphatic hydroxyl groups is 1. The van der Waals surface area contributed by atoms with E-state index in [1.54, 1.807) is 0 Å². The van der Waals surface area contributed by atoms with Crippen molar-refractivity contribution >= 4 is 0 Å². The fourth-order valence-electron chi connectivity index (χ4n) is 1.03. The number of benzene rings is 1. The van der Waals surface area contributed by atoms with E-state index in [9.17, 15) is 0 Å². The molecule has 1 rings (SSSR count). The second-order valence-corrected chi connectivity index (χ2v) is 2.76. The van der Waals surface area contributed by atoms with E-state index in [0.717, 1.165) is 11.1 Å². The van der Waals surface area contributed by atoms with Crippen LogP contribution in [0.4, 0.5) is 0 Å². The van der Waals surface area contributed by atoms with Gasteiger partial charge in [0.2, 0.25) is 0 Å². The Balaban J connectivity index is 2.71. The van der Waals surface area contributed by atoms with Crippen LogP contribution in [0.3, 0.4) is 0 Å². The van der Waals surface area contributed by atoms with Gasteiger partial charge in [-0.15, -0.1) is 0 Å². The van der Waals surface area contributed by atoms with Crippen LogP contribution in [0.2, 0.25) is 0 Å². The fourth-order valence-corrected chi connectivity index (χ4v) is 1.03. The van der Waals surface area contributed by atoms with Gasteiger partial charge in [-0.3, -0.25) is 0 Å². The summed E-state index contributed by atoms with van der Waals surface area (Å²) in [7, 11) is 0. The summed E-state index contributed by atoms with van der Waals surface area (Å²) in [5, 5.41) is 8.91. The molecule has 0 saturated carbocycles. The lowest BCUT2D eigenvalue weighted by atomic mass is 10.1. The van der Waals surface area contributed by atoms with Gasteiger partial charge in [-0.05, 0) is 11.1 Å². The topological polar surface area (TPSA) is 46.2 Å². The lowest BCUT2D eigenvalue weighted by molar-refractivity contribution is 0.401. The standard InChI is InChI=1S/C10H13NO/c1-8(12)6-9-2-4-10(7-11)5-3-9/h2-5,12H,1,6-7,11H2. The molecule has 1 aromatic carbocycles. The number of allylic oxidation sites excluding steroid dienone is 1. The van der Waals surface area contributed by atoms with Gasteiger partial charge in [-0.2, -0.15) is 0 Å². The zero-order valence-electron chi connectivity index (χ0n) is 6.96. The van der Waals surface area contributed by atoms with Crippen LogP contribution in [-0.4, -0.2) is 5.11 Å². The minimum absolute atomic E-state index is 0.190. The van der Waals surface area contributed by atoms with Crippen molar-refractivity contribution in [2.45, 2.75) is 13.0 Å². The molecule has 64 valence electrons. The number of aliphatic hydroxyl groups excluding tert-OH is 1. The van der Waals surface area contributed by atoms with Crippen molar-refractivity contribution in [2.75, 3.05) is 0 Å². The molecule has 0 amide bonds. The highest BCUT2D eigenvalue weighted by Crippen LogP contribution is 2.06. The van der Waals surface area contributed by atoms with E-state index in [2.05, 4.69) is 6.58 Å². The van der Waals surface area contributed by atoms with Crippen LogP contribution >= 0.6 is 0 Å². The minimum atomic E-state index is 0.190. The predicted molar refractivity (Wildman–Crippen MR) is 49.8 cm³/mol. The summed E-state index contributed by atoms with van der Waals surface area (Å²) in [4.78, 5) is 0. The van der Waals surface area contributed by atoms with E-state index in [0.29, 0.717) is 13.0 Å². The Morgan fingerprint density at radius 3 is 2.17 bits per heavy atom. The first-order valence-corrected chi connectivity index (χ1v) is 3.87. The molecule has 3 N–H and O–H groups in total. The molecular weight excluding hydrogens is 150 g/mol. The van der Waals surface area contributed by atoms with Gasteiger partial charge >= 0.3 is 0 Å². The molecule has 0 fully saturated rings. The molecule has 0 aliphatic carbocycles. The number of hydrogen-bond donors (Lipinski definition) is 2. The Labute approximate surface area is 72.3 Å². The Morgan fingerprint density at radius 1 is 1.25 bits per heavy atom. The maximum absolute atomic E-state index is 8.91. The fraction of sp³-hybridized carbons (Fsp3) is 0.200. The number of nitrogens with two attached hydrogens (primary N) is 1. The van der Waals surface area contributed by atoms with Gasteiger partial charge in [0.15, 0.2) is 0 Å². The Kier molecular flexibility index (Phi) is 2.88. The third-order valence-electron chi connectivity index (χ3n) is 1.67. The highest BCUT2D eigenvalue weighted by molar-refractivity contribution is 5.24. The molecule has 12 heavy (non-hydrogen) atoms. The predicted octanol–water partition coefficient (Wildman–Crippen LogP) is 1.76. The first-order chi connectivity index (χ1) is 5.72. The van der Waals surface area contributed by atoms with Crippen molar-refractivity contribution < 1.29 is 5.11 Å².